The first kappa shape index (κ1) is 16.0. The molecule has 5 heteroatoms. The second-order valence-corrected chi connectivity index (χ2v) is 4.80. The van der Waals surface area contributed by atoms with Crippen molar-refractivity contribution in [1.29, 1.82) is 0 Å². The molecular formula is C14H19Cl2N3. The number of hydrogen-bond donors (Lipinski definition) is 2. The standard InChI is InChI=1S/C14H18ClN3.ClH/c1-11-12(10-17-18-11)6-4-8-16-9-13-5-2-3-7-14(13)15;/h2-3,5,7,10,16H,4,6,8-9H2,1H3,(H,17,18);1H. The SMILES string of the molecule is Cc1[nH]ncc1CCCNCc1ccccc1Cl.Cl. The minimum Gasteiger partial charge on any atom is -0.313 e. The van der Waals surface area contributed by atoms with Gasteiger partial charge in [-0.2, -0.15) is 5.10 Å². The summed E-state index contributed by atoms with van der Waals surface area (Å²) in [6.45, 7) is 3.86. The van der Waals surface area contributed by atoms with Crippen LogP contribution in [0.2, 0.25) is 5.02 Å². The van der Waals surface area contributed by atoms with Crippen molar-refractivity contribution in [3.05, 3.63) is 52.3 Å². The van der Waals surface area contributed by atoms with Gasteiger partial charge in [-0.15, -0.1) is 12.4 Å². The Labute approximate surface area is 125 Å². The van der Waals surface area contributed by atoms with E-state index >= 15 is 0 Å². The first-order valence-corrected chi connectivity index (χ1v) is 6.58. The van der Waals surface area contributed by atoms with E-state index in [4.69, 9.17) is 11.6 Å². The van der Waals surface area contributed by atoms with Crippen molar-refractivity contribution < 1.29 is 0 Å². The maximum atomic E-state index is 6.09. The van der Waals surface area contributed by atoms with E-state index in [0.29, 0.717) is 0 Å². The van der Waals surface area contributed by atoms with E-state index in [9.17, 15) is 0 Å². The zero-order chi connectivity index (χ0) is 12.8. The predicted octanol–water partition coefficient (Wildman–Crippen LogP) is 3.52. The molecule has 1 aromatic carbocycles. The van der Waals surface area contributed by atoms with Gasteiger partial charge in [-0.05, 0) is 43.5 Å². The fourth-order valence-electron chi connectivity index (χ4n) is 1.90. The van der Waals surface area contributed by atoms with E-state index < -0.39 is 0 Å². The Bertz CT molecular complexity index is 497. The van der Waals surface area contributed by atoms with Crippen molar-refractivity contribution in [2.45, 2.75) is 26.3 Å². The summed E-state index contributed by atoms with van der Waals surface area (Å²) in [6, 6.07) is 7.94. The molecule has 3 nitrogen and oxygen atoms in total. The molecule has 0 aliphatic heterocycles. The van der Waals surface area contributed by atoms with Gasteiger partial charge in [0.05, 0.1) is 6.20 Å². The number of hydrogen-bond acceptors (Lipinski definition) is 2. The second kappa shape index (κ2) is 8.20. The third-order valence-electron chi connectivity index (χ3n) is 3.01. The number of aryl methyl sites for hydroxylation is 2. The third kappa shape index (κ3) is 4.86. The molecule has 0 aliphatic rings. The van der Waals surface area contributed by atoms with Crippen molar-refractivity contribution in [2.75, 3.05) is 6.54 Å². The van der Waals surface area contributed by atoms with Crippen LogP contribution in [-0.2, 0) is 13.0 Å². The van der Waals surface area contributed by atoms with Crippen LogP contribution in [0.5, 0.6) is 0 Å². The molecule has 2 N–H and O–H groups in total. The molecule has 0 aliphatic carbocycles. The first-order valence-electron chi connectivity index (χ1n) is 6.20. The quantitative estimate of drug-likeness (QED) is 0.801. The van der Waals surface area contributed by atoms with Crippen LogP contribution < -0.4 is 5.32 Å². The van der Waals surface area contributed by atoms with Gasteiger partial charge in [0.25, 0.3) is 0 Å². The van der Waals surface area contributed by atoms with E-state index in [1.165, 1.54) is 11.3 Å². The monoisotopic (exact) mass is 299 g/mol. The van der Waals surface area contributed by atoms with Crippen molar-refractivity contribution in [1.82, 2.24) is 15.5 Å². The van der Waals surface area contributed by atoms with Gasteiger partial charge in [-0.25, -0.2) is 0 Å². The van der Waals surface area contributed by atoms with E-state index in [1.807, 2.05) is 24.4 Å². The molecule has 0 bridgehead atoms. The summed E-state index contributed by atoms with van der Waals surface area (Å²) in [5.74, 6) is 0. The summed E-state index contributed by atoms with van der Waals surface area (Å²) in [7, 11) is 0. The van der Waals surface area contributed by atoms with Gasteiger partial charge in [-0.3, -0.25) is 5.10 Å². The third-order valence-corrected chi connectivity index (χ3v) is 3.38. The van der Waals surface area contributed by atoms with Crippen molar-refractivity contribution in [3.8, 4) is 0 Å². The number of H-pyrrole nitrogens is 1. The molecule has 19 heavy (non-hydrogen) atoms. The normalized spacial score (nSPS) is 10.2. The number of halogens is 2. The molecule has 0 saturated heterocycles. The molecule has 1 aromatic heterocycles. The van der Waals surface area contributed by atoms with Crippen LogP contribution in [0.25, 0.3) is 0 Å². The number of nitrogens with one attached hydrogen (secondary N) is 2. The van der Waals surface area contributed by atoms with Gasteiger partial charge < -0.3 is 5.32 Å². The molecule has 0 spiro atoms. The average Bonchev–Trinajstić information content (AvgIpc) is 2.77. The first-order chi connectivity index (χ1) is 8.77. The molecule has 0 unspecified atom stereocenters. The lowest BCUT2D eigenvalue weighted by Crippen LogP contribution is -2.15. The van der Waals surface area contributed by atoms with Crippen LogP contribution >= 0.6 is 24.0 Å². The Morgan fingerprint density at radius 1 is 1.26 bits per heavy atom. The summed E-state index contributed by atoms with van der Waals surface area (Å²) in [6.07, 6.45) is 4.06. The summed E-state index contributed by atoms with van der Waals surface area (Å²) in [4.78, 5) is 0. The highest BCUT2D eigenvalue weighted by molar-refractivity contribution is 6.31. The summed E-state index contributed by atoms with van der Waals surface area (Å²) < 4.78 is 0. The highest BCUT2D eigenvalue weighted by atomic mass is 35.5. The Balaban J connectivity index is 0.00000180. The largest absolute Gasteiger partial charge is 0.313 e. The van der Waals surface area contributed by atoms with Gasteiger partial charge in [0.1, 0.15) is 0 Å². The van der Waals surface area contributed by atoms with Crippen LogP contribution in [0.15, 0.2) is 30.5 Å². The molecule has 0 radical (unpaired) electrons. The van der Waals surface area contributed by atoms with E-state index in [0.717, 1.165) is 36.5 Å². The number of nitrogens with zero attached hydrogens (tertiary/aromatic N) is 1. The Morgan fingerprint density at radius 3 is 2.74 bits per heavy atom. The maximum Gasteiger partial charge on any atom is 0.0522 e. The predicted molar refractivity (Wildman–Crippen MR) is 82.1 cm³/mol. The summed E-state index contributed by atoms with van der Waals surface area (Å²) >= 11 is 6.09. The Kier molecular flexibility index (Phi) is 6.92. The molecule has 1 heterocycles. The van der Waals surface area contributed by atoms with E-state index in [-0.39, 0.29) is 12.4 Å². The topological polar surface area (TPSA) is 40.7 Å². The fraction of sp³-hybridized carbons (Fsp3) is 0.357. The van der Waals surface area contributed by atoms with Gasteiger partial charge in [0, 0.05) is 17.3 Å². The van der Waals surface area contributed by atoms with Crippen molar-refractivity contribution in [2.24, 2.45) is 0 Å². The van der Waals surface area contributed by atoms with Crippen LogP contribution in [0.1, 0.15) is 23.2 Å². The van der Waals surface area contributed by atoms with Gasteiger partial charge in [0.15, 0.2) is 0 Å². The molecule has 0 fully saturated rings. The minimum atomic E-state index is 0. The number of aromatic amines is 1. The lowest BCUT2D eigenvalue weighted by molar-refractivity contribution is 0.649. The average molecular weight is 300 g/mol. The highest BCUT2D eigenvalue weighted by Crippen LogP contribution is 2.14. The van der Waals surface area contributed by atoms with Crippen molar-refractivity contribution >= 4 is 24.0 Å². The molecular weight excluding hydrogens is 281 g/mol. The number of benzene rings is 1. The Hall–Kier alpha value is -1.03. The van der Waals surface area contributed by atoms with Crippen LogP contribution in [0.3, 0.4) is 0 Å². The van der Waals surface area contributed by atoms with Gasteiger partial charge in [-0.1, -0.05) is 29.8 Å². The highest BCUT2D eigenvalue weighted by Gasteiger charge is 2.00. The molecule has 0 saturated carbocycles. The molecule has 2 rings (SSSR count). The maximum absolute atomic E-state index is 6.09. The lowest BCUT2D eigenvalue weighted by atomic mass is 10.1. The van der Waals surface area contributed by atoms with Gasteiger partial charge in [0.2, 0.25) is 0 Å². The minimum absolute atomic E-state index is 0. The zero-order valence-electron chi connectivity index (χ0n) is 10.9. The molecule has 104 valence electrons. The van der Waals surface area contributed by atoms with Crippen LogP contribution in [0.4, 0.5) is 0 Å². The second-order valence-electron chi connectivity index (χ2n) is 4.39. The molecule has 0 atom stereocenters. The van der Waals surface area contributed by atoms with Crippen LogP contribution in [-0.4, -0.2) is 16.7 Å². The molecule has 2 aromatic rings. The van der Waals surface area contributed by atoms with Crippen molar-refractivity contribution in [3.63, 3.8) is 0 Å². The molecule has 0 amide bonds. The van der Waals surface area contributed by atoms with E-state index in [1.54, 1.807) is 0 Å². The summed E-state index contributed by atoms with van der Waals surface area (Å²) in [5.41, 5.74) is 3.62. The van der Waals surface area contributed by atoms with E-state index in [2.05, 4.69) is 28.5 Å². The Morgan fingerprint density at radius 2 is 2.05 bits per heavy atom. The zero-order valence-corrected chi connectivity index (χ0v) is 12.5. The number of rotatable bonds is 6. The fourth-order valence-corrected chi connectivity index (χ4v) is 2.10. The summed E-state index contributed by atoms with van der Waals surface area (Å²) in [5, 5.41) is 11.2. The number of aromatic nitrogens is 2. The smallest absolute Gasteiger partial charge is 0.0522 e. The lowest BCUT2D eigenvalue weighted by Gasteiger charge is -2.06. The van der Waals surface area contributed by atoms with Gasteiger partial charge >= 0.3 is 0 Å². The van der Waals surface area contributed by atoms with Crippen LogP contribution in [0, 0.1) is 6.92 Å².